The van der Waals surface area contributed by atoms with Gasteiger partial charge in [-0.25, -0.2) is 0 Å². The van der Waals surface area contributed by atoms with E-state index in [2.05, 4.69) is 24.0 Å². The quantitative estimate of drug-likeness (QED) is 0.840. The largest absolute Gasteiger partial charge is 0.481 e. The SMILES string of the molecule is CCN(Cc1ccc(C(C)C(=O)O)cc1)C1CC1. The van der Waals surface area contributed by atoms with Gasteiger partial charge in [0.25, 0.3) is 0 Å². The van der Waals surface area contributed by atoms with Crippen LogP contribution in [0.15, 0.2) is 24.3 Å². The van der Waals surface area contributed by atoms with Crippen LogP contribution in [0, 0.1) is 0 Å². The maximum absolute atomic E-state index is 10.9. The Kier molecular flexibility index (Phi) is 4.02. The lowest BCUT2D eigenvalue weighted by Crippen LogP contribution is -2.24. The number of rotatable bonds is 6. The van der Waals surface area contributed by atoms with E-state index in [0.717, 1.165) is 24.7 Å². The van der Waals surface area contributed by atoms with Crippen LogP contribution in [-0.2, 0) is 11.3 Å². The molecule has 1 aromatic carbocycles. The van der Waals surface area contributed by atoms with Gasteiger partial charge in [-0.2, -0.15) is 0 Å². The second-order valence-corrected chi connectivity index (χ2v) is 5.10. The van der Waals surface area contributed by atoms with Crippen molar-refractivity contribution < 1.29 is 9.90 Å². The van der Waals surface area contributed by atoms with Gasteiger partial charge in [-0.15, -0.1) is 0 Å². The summed E-state index contributed by atoms with van der Waals surface area (Å²) < 4.78 is 0. The molecule has 0 radical (unpaired) electrons. The van der Waals surface area contributed by atoms with Gasteiger partial charge in [0.1, 0.15) is 0 Å². The number of nitrogens with zero attached hydrogens (tertiary/aromatic N) is 1. The van der Waals surface area contributed by atoms with Crippen LogP contribution in [0.2, 0.25) is 0 Å². The first-order valence-electron chi connectivity index (χ1n) is 6.67. The van der Waals surface area contributed by atoms with E-state index < -0.39 is 11.9 Å². The summed E-state index contributed by atoms with van der Waals surface area (Å²) in [6, 6.07) is 8.76. The topological polar surface area (TPSA) is 40.5 Å². The average Bonchev–Trinajstić information content (AvgIpc) is 3.20. The Balaban J connectivity index is 2.00. The van der Waals surface area contributed by atoms with Crippen LogP contribution in [0.25, 0.3) is 0 Å². The van der Waals surface area contributed by atoms with E-state index in [0.29, 0.717) is 0 Å². The van der Waals surface area contributed by atoms with E-state index in [1.54, 1.807) is 6.92 Å². The number of carboxylic acids is 1. The second kappa shape index (κ2) is 5.53. The zero-order valence-corrected chi connectivity index (χ0v) is 11.1. The molecule has 2 rings (SSSR count). The Morgan fingerprint density at radius 2 is 2.00 bits per heavy atom. The van der Waals surface area contributed by atoms with Gasteiger partial charge < -0.3 is 5.11 Å². The normalized spacial score (nSPS) is 16.8. The molecule has 1 fully saturated rings. The van der Waals surface area contributed by atoms with Gasteiger partial charge in [-0.3, -0.25) is 9.69 Å². The maximum Gasteiger partial charge on any atom is 0.310 e. The van der Waals surface area contributed by atoms with Crippen molar-refractivity contribution in [1.82, 2.24) is 4.90 Å². The average molecular weight is 247 g/mol. The highest BCUT2D eigenvalue weighted by Crippen LogP contribution is 2.28. The maximum atomic E-state index is 10.9. The number of benzene rings is 1. The van der Waals surface area contributed by atoms with Crippen LogP contribution < -0.4 is 0 Å². The van der Waals surface area contributed by atoms with Gasteiger partial charge >= 0.3 is 5.97 Å². The van der Waals surface area contributed by atoms with E-state index in [4.69, 9.17) is 5.11 Å². The molecular weight excluding hydrogens is 226 g/mol. The Morgan fingerprint density at radius 1 is 1.39 bits per heavy atom. The minimum Gasteiger partial charge on any atom is -0.481 e. The van der Waals surface area contributed by atoms with E-state index in [1.807, 2.05) is 12.1 Å². The molecular formula is C15H21NO2. The molecule has 0 saturated heterocycles. The van der Waals surface area contributed by atoms with Gasteiger partial charge in [0.2, 0.25) is 0 Å². The molecule has 3 heteroatoms. The van der Waals surface area contributed by atoms with E-state index >= 15 is 0 Å². The molecule has 0 spiro atoms. The van der Waals surface area contributed by atoms with Crippen LogP contribution in [0.4, 0.5) is 0 Å². The second-order valence-electron chi connectivity index (χ2n) is 5.10. The molecule has 1 atom stereocenters. The van der Waals surface area contributed by atoms with Crippen molar-refractivity contribution in [1.29, 1.82) is 0 Å². The van der Waals surface area contributed by atoms with E-state index in [9.17, 15) is 4.79 Å². The molecule has 98 valence electrons. The molecule has 0 aliphatic heterocycles. The fourth-order valence-corrected chi connectivity index (χ4v) is 2.23. The summed E-state index contributed by atoms with van der Waals surface area (Å²) in [7, 11) is 0. The molecule has 1 aromatic rings. The number of carbonyl (C=O) groups is 1. The molecule has 0 amide bonds. The van der Waals surface area contributed by atoms with Crippen LogP contribution >= 0.6 is 0 Å². The Labute approximate surface area is 108 Å². The van der Waals surface area contributed by atoms with Crippen molar-refractivity contribution in [2.45, 2.75) is 45.2 Å². The van der Waals surface area contributed by atoms with Crippen molar-refractivity contribution in [2.24, 2.45) is 0 Å². The van der Waals surface area contributed by atoms with Crippen LogP contribution in [0.3, 0.4) is 0 Å². The van der Waals surface area contributed by atoms with E-state index in [-0.39, 0.29) is 0 Å². The third-order valence-corrected chi connectivity index (χ3v) is 3.71. The summed E-state index contributed by atoms with van der Waals surface area (Å²) in [5.41, 5.74) is 2.14. The van der Waals surface area contributed by atoms with Gasteiger partial charge in [0, 0.05) is 12.6 Å². The van der Waals surface area contributed by atoms with Crippen LogP contribution in [-0.4, -0.2) is 28.6 Å². The highest BCUT2D eigenvalue weighted by molar-refractivity contribution is 5.75. The monoisotopic (exact) mass is 247 g/mol. The smallest absolute Gasteiger partial charge is 0.310 e. The molecule has 0 heterocycles. The third kappa shape index (κ3) is 3.10. The van der Waals surface area contributed by atoms with Gasteiger partial charge in [0.15, 0.2) is 0 Å². The summed E-state index contributed by atoms with van der Waals surface area (Å²) in [5.74, 6) is -1.19. The standard InChI is InChI=1S/C15H21NO2/c1-3-16(14-8-9-14)10-12-4-6-13(7-5-12)11(2)15(17)18/h4-7,11,14H,3,8-10H2,1-2H3,(H,17,18). The molecule has 1 aliphatic rings. The number of carboxylic acid groups (broad SMARTS) is 1. The Morgan fingerprint density at radius 3 is 2.44 bits per heavy atom. The van der Waals surface area contributed by atoms with Crippen molar-refractivity contribution in [2.75, 3.05) is 6.54 Å². The summed E-state index contributed by atoms with van der Waals surface area (Å²) in [6.07, 6.45) is 2.64. The molecule has 3 nitrogen and oxygen atoms in total. The molecule has 1 N–H and O–H groups in total. The van der Waals surface area contributed by atoms with E-state index in [1.165, 1.54) is 18.4 Å². The summed E-state index contributed by atoms with van der Waals surface area (Å²) in [4.78, 5) is 13.4. The molecule has 1 unspecified atom stereocenters. The van der Waals surface area contributed by atoms with Gasteiger partial charge in [-0.05, 0) is 37.4 Å². The Bertz CT molecular complexity index is 409. The number of aliphatic carboxylic acids is 1. The Hall–Kier alpha value is -1.35. The molecule has 1 saturated carbocycles. The highest BCUT2D eigenvalue weighted by atomic mass is 16.4. The summed E-state index contributed by atoms with van der Waals surface area (Å²) >= 11 is 0. The van der Waals surface area contributed by atoms with Crippen molar-refractivity contribution in [3.05, 3.63) is 35.4 Å². The minimum atomic E-state index is -0.768. The van der Waals surface area contributed by atoms with Crippen LogP contribution in [0.1, 0.15) is 43.7 Å². The first kappa shape index (κ1) is 13.1. The highest BCUT2D eigenvalue weighted by Gasteiger charge is 2.27. The first-order chi connectivity index (χ1) is 8.61. The van der Waals surface area contributed by atoms with Crippen molar-refractivity contribution in [3.8, 4) is 0 Å². The molecule has 0 bridgehead atoms. The fourth-order valence-electron chi connectivity index (χ4n) is 2.23. The predicted octanol–water partition coefficient (Wildman–Crippen LogP) is 2.86. The first-order valence-corrected chi connectivity index (χ1v) is 6.67. The van der Waals surface area contributed by atoms with Crippen LogP contribution in [0.5, 0.6) is 0 Å². The number of hydrogen-bond donors (Lipinski definition) is 1. The number of hydrogen-bond acceptors (Lipinski definition) is 2. The van der Waals surface area contributed by atoms with Crippen molar-refractivity contribution >= 4 is 5.97 Å². The zero-order chi connectivity index (χ0) is 13.1. The third-order valence-electron chi connectivity index (χ3n) is 3.71. The lowest BCUT2D eigenvalue weighted by Gasteiger charge is -2.20. The summed E-state index contributed by atoms with van der Waals surface area (Å²) in [6.45, 7) is 5.97. The van der Waals surface area contributed by atoms with Crippen molar-refractivity contribution in [3.63, 3.8) is 0 Å². The van der Waals surface area contributed by atoms with Gasteiger partial charge in [-0.1, -0.05) is 31.2 Å². The predicted molar refractivity (Wildman–Crippen MR) is 71.6 cm³/mol. The summed E-state index contributed by atoms with van der Waals surface area (Å²) in [5, 5.41) is 8.96. The molecule has 18 heavy (non-hydrogen) atoms. The minimum absolute atomic E-state index is 0.426. The lowest BCUT2D eigenvalue weighted by molar-refractivity contribution is -0.138. The lowest BCUT2D eigenvalue weighted by atomic mass is 10.00. The molecule has 1 aliphatic carbocycles. The molecule has 0 aromatic heterocycles. The fraction of sp³-hybridized carbons (Fsp3) is 0.533. The van der Waals surface area contributed by atoms with Gasteiger partial charge in [0.05, 0.1) is 5.92 Å². The zero-order valence-electron chi connectivity index (χ0n) is 11.1.